The van der Waals surface area contributed by atoms with Gasteiger partial charge in [0.05, 0.1) is 12.2 Å². The van der Waals surface area contributed by atoms with Crippen LogP contribution in [0, 0.1) is 0 Å². The van der Waals surface area contributed by atoms with Gasteiger partial charge < -0.3 is 9.47 Å². The Morgan fingerprint density at radius 2 is 2.33 bits per heavy atom. The maximum Gasteiger partial charge on any atom is 0.0831 e. The molecule has 2 heteroatoms. The third kappa shape index (κ3) is 1.66. The van der Waals surface area contributed by atoms with Crippen LogP contribution in [-0.4, -0.2) is 25.9 Å². The summed E-state index contributed by atoms with van der Waals surface area (Å²) in [6, 6.07) is 0. The van der Waals surface area contributed by atoms with Crippen LogP contribution in [0.3, 0.4) is 0 Å². The molecule has 0 radical (unpaired) electrons. The van der Waals surface area contributed by atoms with Crippen LogP contribution in [0.4, 0.5) is 0 Å². The lowest BCUT2D eigenvalue weighted by Crippen LogP contribution is -2.32. The molecule has 1 rings (SSSR count). The number of ether oxygens (including phenoxy) is 2. The lowest BCUT2D eigenvalue weighted by atomic mass is 10.1. The summed E-state index contributed by atoms with van der Waals surface area (Å²) in [7, 11) is 1.75. The third-order valence-corrected chi connectivity index (χ3v) is 1.84. The van der Waals surface area contributed by atoms with Gasteiger partial charge in [0.1, 0.15) is 0 Å². The molecule has 1 fully saturated rings. The lowest BCUT2D eigenvalue weighted by molar-refractivity contribution is -0.0812. The van der Waals surface area contributed by atoms with E-state index < -0.39 is 0 Å². The van der Waals surface area contributed by atoms with Gasteiger partial charge in [0.15, 0.2) is 0 Å². The highest BCUT2D eigenvalue weighted by Gasteiger charge is 2.20. The highest BCUT2D eigenvalue weighted by molar-refractivity contribution is 4.69. The topological polar surface area (TPSA) is 18.5 Å². The molecule has 0 spiro atoms. The summed E-state index contributed by atoms with van der Waals surface area (Å²) in [6.45, 7) is 2.97. The molecule has 0 amide bonds. The zero-order chi connectivity index (χ0) is 6.69. The number of hydrogen-bond donors (Lipinski definition) is 0. The minimum atomic E-state index is 0.295. The van der Waals surface area contributed by atoms with Crippen molar-refractivity contribution in [3.05, 3.63) is 0 Å². The summed E-state index contributed by atoms with van der Waals surface area (Å²) >= 11 is 0. The zero-order valence-corrected chi connectivity index (χ0v) is 6.09. The van der Waals surface area contributed by atoms with E-state index in [0.29, 0.717) is 12.2 Å². The Bertz CT molecular complexity index is 83.0. The fourth-order valence-corrected chi connectivity index (χ4v) is 1.21. The SMILES string of the molecule is CO[C@H]1CCCOC1C. The first-order chi connectivity index (χ1) is 4.34. The van der Waals surface area contributed by atoms with Crippen molar-refractivity contribution >= 4 is 0 Å². The Balaban J connectivity index is 2.30. The van der Waals surface area contributed by atoms with E-state index in [2.05, 4.69) is 6.92 Å². The Labute approximate surface area is 56.2 Å². The lowest BCUT2D eigenvalue weighted by Gasteiger charge is -2.27. The summed E-state index contributed by atoms with van der Waals surface area (Å²) in [4.78, 5) is 0. The van der Waals surface area contributed by atoms with E-state index in [1.54, 1.807) is 7.11 Å². The Morgan fingerprint density at radius 3 is 2.78 bits per heavy atom. The Hall–Kier alpha value is -0.0800. The zero-order valence-electron chi connectivity index (χ0n) is 6.09. The minimum absolute atomic E-state index is 0.295. The van der Waals surface area contributed by atoms with Crippen LogP contribution >= 0.6 is 0 Å². The third-order valence-electron chi connectivity index (χ3n) is 1.84. The first-order valence-corrected chi connectivity index (χ1v) is 3.49. The van der Waals surface area contributed by atoms with Crippen LogP contribution in [0.15, 0.2) is 0 Å². The molecule has 0 N–H and O–H groups in total. The number of methoxy groups -OCH3 is 1. The number of rotatable bonds is 1. The molecule has 0 aromatic carbocycles. The standard InChI is InChI=1S/C7H14O2/c1-6-7(8-2)4-3-5-9-6/h6-7H,3-5H2,1-2H3/t6?,7-/m0/s1. The van der Waals surface area contributed by atoms with Crippen LogP contribution < -0.4 is 0 Å². The molecule has 1 aliphatic rings. The van der Waals surface area contributed by atoms with Crippen molar-refractivity contribution in [2.75, 3.05) is 13.7 Å². The van der Waals surface area contributed by atoms with E-state index in [4.69, 9.17) is 9.47 Å². The molecular weight excluding hydrogens is 116 g/mol. The van der Waals surface area contributed by atoms with Gasteiger partial charge in [-0.05, 0) is 19.8 Å². The van der Waals surface area contributed by atoms with Gasteiger partial charge in [-0.15, -0.1) is 0 Å². The molecule has 1 unspecified atom stereocenters. The summed E-state index contributed by atoms with van der Waals surface area (Å²) in [5.74, 6) is 0. The first kappa shape index (κ1) is 7.03. The van der Waals surface area contributed by atoms with Crippen molar-refractivity contribution in [2.45, 2.75) is 32.0 Å². The van der Waals surface area contributed by atoms with E-state index in [-0.39, 0.29) is 0 Å². The van der Waals surface area contributed by atoms with Gasteiger partial charge in [-0.3, -0.25) is 0 Å². The predicted octanol–water partition coefficient (Wildman–Crippen LogP) is 1.20. The van der Waals surface area contributed by atoms with Gasteiger partial charge in [-0.1, -0.05) is 0 Å². The highest BCUT2D eigenvalue weighted by atomic mass is 16.5. The largest absolute Gasteiger partial charge is 0.379 e. The molecule has 54 valence electrons. The van der Waals surface area contributed by atoms with Crippen molar-refractivity contribution in [1.82, 2.24) is 0 Å². The average Bonchev–Trinajstić information content (AvgIpc) is 1.89. The monoisotopic (exact) mass is 130 g/mol. The van der Waals surface area contributed by atoms with E-state index in [1.165, 1.54) is 0 Å². The molecule has 2 atom stereocenters. The fraction of sp³-hybridized carbons (Fsp3) is 1.00. The van der Waals surface area contributed by atoms with Crippen molar-refractivity contribution in [3.8, 4) is 0 Å². The molecule has 9 heavy (non-hydrogen) atoms. The molecule has 2 nitrogen and oxygen atoms in total. The average molecular weight is 130 g/mol. The molecule has 0 bridgehead atoms. The maximum absolute atomic E-state index is 5.36. The summed E-state index contributed by atoms with van der Waals surface area (Å²) in [5, 5.41) is 0. The van der Waals surface area contributed by atoms with E-state index >= 15 is 0 Å². The van der Waals surface area contributed by atoms with Gasteiger partial charge >= 0.3 is 0 Å². The van der Waals surface area contributed by atoms with Crippen LogP contribution in [0.2, 0.25) is 0 Å². The van der Waals surface area contributed by atoms with Gasteiger partial charge in [0, 0.05) is 13.7 Å². The molecule has 0 aromatic rings. The van der Waals surface area contributed by atoms with Gasteiger partial charge in [-0.2, -0.15) is 0 Å². The smallest absolute Gasteiger partial charge is 0.0831 e. The molecule has 1 heterocycles. The molecule has 1 aliphatic heterocycles. The molecule has 1 saturated heterocycles. The van der Waals surface area contributed by atoms with Crippen LogP contribution in [0.5, 0.6) is 0 Å². The second-order valence-corrected chi connectivity index (χ2v) is 2.49. The van der Waals surface area contributed by atoms with Crippen molar-refractivity contribution in [3.63, 3.8) is 0 Å². The quantitative estimate of drug-likeness (QED) is 0.531. The normalized spacial score (nSPS) is 36.7. The molecule has 0 saturated carbocycles. The van der Waals surface area contributed by atoms with Crippen LogP contribution in [0.25, 0.3) is 0 Å². The second kappa shape index (κ2) is 3.18. The van der Waals surface area contributed by atoms with E-state index in [1.807, 2.05) is 0 Å². The van der Waals surface area contributed by atoms with E-state index in [9.17, 15) is 0 Å². The summed E-state index contributed by atoms with van der Waals surface area (Å²) in [5.41, 5.74) is 0. The minimum Gasteiger partial charge on any atom is -0.379 e. The highest BCUT2D eigenvalue weighted by Crippen LogP contribution is 2.15. The van der Waals surface area contributed by atoms with Crippen molar-refractivity contribution in [1.29, 1.82) is 0 Å². The van der Waals surface area contributed by atoms with Gasteiger partial charge in [0.25, 0.3) is 0 Å². The van der Waals surface area contributed by atoms with Crippen molar-refractivity contribution < 1.29 is 9.47 Å². The Kier molecular flexibility index (Phi) is 2.49. The maximum atomic E-state index is 5.36. The summed E-state index contributed by atoms with van der Waals surface area (Å²) in [6.07, 6.45) is 2.92. The summed E-state index contributed by atoms with van der Waals surface area (Å²) < 4.78 is 10.5. The number of hydrogen-bond acceptors (Lipinski definition) is 2. The predicted molar refractivity (Wildman–Crippen MR) is 35.4 cm³/mol. The van der Waals surface area contributed by atoms with E-state index in [0.717, 1.165) is 19.4 Å². The van der Waals surface area contributed by atoms with Crippen LogP contribution in [0.1, 0.15) is 19.8 Å². The second-order valence-electron chi connectivity index (χ2n) is 2.49. The molecular formula is C7H14O2. The van der Waals surface area contributed by atoms with Gasteiger partial charge in [-0.25, -0.2) is 0 Å². The van der Waals surface area contributed by atoms with Crippen molar-refractivity contribution in [2.24, 2.45) is 0 Å². The Morgan fingerprint density at radius 1 is 1.56 bits per heavy atom. The molecule has 0 aliphatic carbocycles. The molecule has 0 aromatic heterocycles. The first-order valence-electron chi connectivity index (χ1n) is 3.49. The van der Waals surface area contributed by atoms with Crippen LogP contribution in [-0.2, 0) is 9.47 Å². The fourth-order valence-electron chi connectivity index (χ4n) is 1.21. The van der Waals surface area contributed by atoms with Gasteiger partial charge in [0.2, 0.25) is 0 Å².